The smallest absolute Gasteiger partial charge is 0.185 e. The zero-order valence-electron chi connectivity index (χ0n) is 22.2. The molecule has 1 fully saturated rings. The Hall–Kier alpha value is -1.91. The molecule has 4 heteroatoms. The SMILES string of the molecule is CCCCCCCCOc1ccc(-c2ccc([C@H]3OC[C@H](CCCCCCCC)CO3)cn2)cc1. The summed E-state index contributed by atoms with van der Waals surface area (Å²) in [5, 5.41) is 0. The highest BCUT2D eigenvalue weighted by Crippen LogP contribution is 2.28. The third-order valence-corrected chi connectivity index (χ3v) is 6.91. The molecule has 0 N–H and O–H groups in total. The number of hydrogen-bond donors (Lipinski definition) is 0. The Bertz CT molecular complexity index is 782. The van der Waals surface area contributed by atoms with E-state index in [-0.39, 0.29) is 6.29 Å². The summed E-state index contributed by atoms with van der Waals surface area (Å²) in [5.41, 5.74) is 3.03. The average molecular weight is 482 g/mol. The van der Waals surface area contributed by atoms with E-state index in [4.69, 9.17) is 14.2 Å². The Balaban J connectivity index is 1.35. The third kappa shape index (κ3) is 10.3. The molecular weight excluding hydrogens is 434 g/mol. The zero-order valence-corrected chi connectivity index (χ0v) is 22.2. The summed E-state index contributed by atoms with van der Waals surface area (Å²) in [7, 11) is 0. The Morgan fingerprint density at radius 3 is 2.00 bits per heavy atom. The van der Waals surface area contributed by atoms with Gasteiger partial charge in [0.1, 0.15) is 5.75 Å². The molecule has 0 saturated carbocycles. The number of ether oxygens (including phenoxy) is 3. The lowest BCUT2D eigenvalue weighted by Gasteiger charge is -2.29. The molecule has 4 nitrogen and oxygen atoms in total. The second kappa shape index (κ2) is 16.7. The zero-order chi connectivity index (χ0) is 24.6. The molecular formula is C31H47NO3. The Morgan fingerprint density at radius 2 is 1.37 bits per heavy atom. The van der Waals surface area contributed by atoms with Gasteiger partial charge in [-0.05, 0) is 43.2 Å². The standard InChI is InChI=1S/C31H47NO3/c1-3-5-7-9-11-13-15-26-24-34-31(35-25-26)28-18-21-30(32-23-28)27-16-19-29(20-17-27)33-22-14-12-10-8-6-4-2/h16-21,23,26,31H,3-15,22,24-25H2,1-2H3/t26-,31-. The number of nitrogens with zero attached hydrogens (tertiary/aromatic N) is 1. The number of unbranched alkanes of at least 4 members (excludes halogenated alkanes) is 10. The van der Waals surface area contributed by atoms with Crippen LogP contribution in [0.2, 0.25) is 0 Å². The normalized spacial score (nSPS) is 18.0. The van der Waals surface area contributed by atoms with Crippen LogP contribution in [0.5, 0.6) is 5.75 Å². The fraction of sp³-hybridized carbons (Fsp3) is 0.645. The van der Waals surface area contributed by atoms with Crippen LogP contribution in [0.25, 0.3) is 11.3 Å². The van der Waals surface area contributed by atoms with Crippen LogP contribution >= 0.6 is 0 Å². The summed E-state index contributed by atoms with van der Waals surface area (Å²) in [4.78, 5) is 4.67. The number of rotatable bonds is 17. The first-order chi connectivity index (χ1) is 17.3. The lowest BCUT2D eigenvalue weighted by atomic mass is 10.0. The van der Waals surface area contributed by atoms with Crippen LogP contribution in [0, 0.1) is 5.92 Å². The fourth-order valence-corrected chi connectivity index (χ4v) is 4.63. The molecule has 2 aromatic rings. The first kappa shape index (κ1) is 27.7. The van der Waals surface area contributed by atoms with Crippen LogP contribution < -0.4 is 4.74 Å². The molecule has 1 aromatic carbocycles. The van der Waals surface area contributed by atoms with Gasteiger partial charge in [-0.25, -0.2) is 0 Å². The first-order valence-electron chi connectivity index (χ1n) is 14.2. The summed E-state index contributed by atoms with van der Waals surface area (Å²) in [6.07, 6.45) is 18.5. The van der Waals surface area contributed by atoms with Gasteiger partial charge in [-0.15, -0.1) is 0 Å². The molecule has 1 aliphatic rings. The van der Waals surface area contributed by atoms with Crippen LogP contribution in [0.15, 0.2) is 42.6 Å². The van der Waals surface area contributed by atoms with Gasteiger partial charge in [-0.2, -0.15) is 0 Å². The molecule has 3 rings (SSSR count). The van der Waals surface area contributed by atoms with Crippen LogP contribution in [-0.4, -0.2) is 24.8 Å². The minimum absolute atomic E-state index is 0.296. The van der Waals surface area contributed by atoms with Crippen molar-refractivity contribution >= 4 is 0 Å². The first-order valence-corrected chi connectivity index (χ1v) is 14.2. The second-order valence-electron chi connectivity index (χ2n) is 10.0. The highest BCUT2D eigenvalue weighted by Gasteiger charge is 2.23. The molecule has 0 atom stereocenters. The van der Waals surface area contributed by atoms with Gasteiger partial charge >= 0.3 is 0 Å². The minimum Gasteiger partial charge on any atom is -0.494 e. The van der Waals surface area contributed by atoms with Gasteiger partial charge in [0.05, 0.1) is 25.5 Å². The van der Waals surface area contributed by atoms with Crippen molar-refractivity contribution in [1.29, 1.82) is 0 Å². The number of pyridine rings is 1. The molecule has 1 saturated heterocycles. The molecule has 0 bridgehead atoms. The van der Waals surface area contributed by atoms with Crippen LogP contribution in [0.3, 0.4) is 0 Å². The van der Waals surface area contributed by atoms with E-state index in [9.17, 15) is 0 Å². The van der Waals surface area contributed by atoms with Gasteiger partial charge in [0, 0.05) is 23.2 Å². The Kier molecular flexibility index (Phi) is 13.2. The van der Waals surface area contributed by atoms with Crippen molar-refractivity contribution in [3.05, 3.63) is 48.2 Å². The van der Waals surface area contributed by atoms with Gasteiger partial charge in [0.2, 0.25) is 0 Å². The Morgan fingerprint density at radius 1 is 0.743 bits per heavy atom. The summed E-state index contributed by atoms with van der Waals surface area (Å²) in [6, 6.07) is 12.4. The number of benzene rings is 1. The topological polar surface area (TPSA) is 40.6 Å². The van der Waals surface area contributed by atoms with Gasteiger partial charge in [-0.1, -0.05) is 90.5 Å². The minimum atomic E-state index is -0.296. The van der Waals surface area contributed by atoms with Crippen molar-refractivity contribution in [3.63, 3.8) is 0 Å². The number of aromatic nitrogens is 1. The molecule has 2 heterocycles. The van der Waals surface area contributed by atoms with Gasteiger partial charge in [0.25, 0.3) is 0 Å². The molecule has 1 aliphatic heterocycles. The lowest BCUT2D eigenvalue weighted by molar-refractivity contribution is -0.206. The molecule has 0 aliphatic carbocycles. The lowest BCUT2D eigenvalue weighted by Crippen LogP contribution is -2.27. The quantitative estimate of drug-likeness (QED) is 0.211. The van der Waals surface area contributed by atoms with Crippen LogP contribution in [-0.2, 0) is 9.47 Å². The van der Waals surface area contributed by atoms with Gasteiger partial charge in [-0.3, -0.25) is 4.98 Å². The molecule has 0 amide bonds. The maximum atomic E-state index is 6.03. The average Bonchev–Trinajstić information content (AvgIpc) is 2.91. The van der Waals surface area contributed by atoms with Crippen molar-refractivity contribution < 1.29 is 14.2 Å². The largest absolute Gasteiger partial charge is 0.494 e. The summed E-state index contributed by atoms with van der Waals surface area (Å²) in [6.45, 7) is 6.87. The van der Waals surface area contributed by atoms with Crippen molar-refractivity contribution in [1.82, 2.24) is 4.98 Å². The Labute approximate surface area is 213 Å². The predicted molar refractivity (Wildman–Crippen MR) is 145 cm³/mol. The van der Waals surface area contributed by atoms with E-state index < -0.39 is 0 Å². The predicted octanol–water partition coefficient (Wildman–Crippen LogP) is 8.90. The third-order valence-electron chi connectivity index (χ3n) is 6.91. The molecule has 35 heavy (non-hydrogen) atoms. The highest BCUT2D eigenvalue weighted by atomic mass is 16.7. The van der Waals surface area contributed by atoms with E-state index >= 15 is 0 Å². The van der Waals surface area contributed by atoms with Crippen molar-refractivity contribution in [2.75, 3.05) is 19.8 Å². The van der Waals surface area contributed by atoms with Gasteiger partial charge < -0.3 is 14.2 Å². The summed E-state index contributed by atoms with van der Waals surface area (Å²) < 4.78 is 18.0. The van der Waals surface area contributed by atoms with E-state index in [1.54, 1.807) is 0 Å². The van der Waals surface area contributed by atoms with E-state index in [1.165, 1.54) is 77.0 Å². The molecule has 0 unspecified atom stereocenters. The highest BCUT2D eigenvalue weighted by molar-refractivity contribution is 5.60. The van der Waals surface area contributed by atoms with E-state index in [0.29, 0.717) is 5.92 Å². The fourth-order valence-electron chi connectivity index (χ4n) is 4.63. The van der Waals surface area contributed by atoms with E-state index in [1.807, 2.05) is 18.3 Å². The number of hydrogen-bond acceptors (Lipinski definition) is 4. The van der Waals surface area contributed by atoms with Crippen molar-refractivity contribution in [2.45, 2.75) is 104 Å². The van der Waals surface area contributed by atoms with E-state index in [2.05, 4.69) is 43.1 Å². The monoisotopic (exact) mass is 481 g/mol. The van der Waals surface area contributed by atoms with Crippen LogP contribution in [0.1, 0.15) is 109 Å². The summed E-state index contributed by atoms with van der Waals surface area (Å²) >= 11 is 0. The molecule has 0 radical (unpaired) electrons. The molecule has 194 valence electrons. The van der Waals surface area contributed by atoms with Crippen molar-refractivity contribution in [2.24, 2.45) is 5.92 Å². The van der Waals surface area contributed by atoms with Crippen LogP contribution in [0.4, 0.5) is 0 Å². The second-order valence-corrected chi connectivity index (χ2v) is 10.0. The molecule has 0 spiro atoms. The van der Waals surface area contributed by atoms with Crippen molar-refractivity contribution in [3.8, 4) is 17.0 Å². The van der Waals surface area contributed by atoms with E-state index in [0.717, 1.165) is 48.8 Å². The van der Waals surface area contributed by atoms with Gasteiger partial charge in [0.15, 0.2) is 6.29 Å². The molecule has 1 aromatic heterocycles. The maximum Gasteiger partial charge on any atom is 0.185 e. The summed E-state index contributed by atoms with van der Waals surface area (Å²) in [5.74, 6) is 1.45. The maximum absolute atomic E-state index is 6.03.